The van der Waals surface area contributed by atoms with Gasteiger partial charge in [-0.2, -0.15) is 0 Å². The summed E-state index contributed by atoms with van der Waals surface area (Å²) in [5, 5.41) is 2.08. The zero-order valence-electron chi connectivity index (χ0n) is 10.7. The monoisotopic (exact) mass is 268 g/mol. The van der Waals surface area contributed by atoms with E-state index in [9.17, 15) is 4.79 Å². The molecular formula is C13H20N2O2S. The Morgan fingerprint density at radius 1 is 1.61 bits per heavy atom. The molecule has 1 aromatic rings. The third-order valence-corrected chi connectivity index (χ3v) is 4.06. The lowest BCUT2D eigenvalue weighted by atomic mass is 9.91. The van der Waals surface area contributed by atoms with Crippen LogP contribution in [0.2, 0.25) is 0 Å². The number of nitrogens with two attached hydrogens (primary N) is 1. The van der Waals surface area contributed by atoms with Gasteiger partial charge in [0.2, 0.25) is 0 Å². The molecule has 0 spiro atoms. The molecule has 0 radical (unpaired) electrons. The molecule has 2 rings (SSSR count). The van der Waals surface area contributed by atoms with Gasteiger partial charge in [0.05, 0.1) is 6.61 Å². The number of carbonyl (C=O) groups excluding carboxylic acids is 1. The second-order valence-corrected chi connectivity index (χ2v) is 5.78. The van der Waals surface area contributed by atoms with E-state index in [-0.39, 0.29) is 12.1 Å². The Balaban J connectivity index is 1.93. The van der Waals surface area contributed by atoms with Crippen molar-refractivity contribution in [2.45, 2.75) is 25.8 Å². The number of nitrogens with zero attached hydrogens (tertiary/aromatic N) is 1. The molecule has 5 heteroatoms. The first kappa shape index (κ1) is 13.4. The van der Waals surface area contributed by atoms with E-state index in [0.717, 1.165) is 19.4 Å². The third-order valence-electron chi connectivity index (χ3n) is 3.17. The molecule has 1 amide bonds. The molecule has 0 bridgehead atoms. The van der Waals surface area contributed by atoms with Crippen LogP contribution >= 0.6 is 11.3 Å². The molecule has 0 aliphatic carbocycles. The minimum atomic E-state index is -0.233. The maximum atomic E-state index is 11.7. The number of ether oxygens (including phenoxy) is 1. The summed E-state index contributed by atoms with van der Waals surface area (Å²) >= 11 is 1.76. The maximum absolute atomic E-state index is 11.7. The van der Waals surface area contributed by atoms with E-state index in [1.807, 2.05) is 6.92 Å². The van der Waals surface area contributed by atoms with Crippen molar-refractivity contribution in [2.75, 3.05) is 19.7 Å². The van der Waals surface area contributed by atoms with Gasteiger partial charge in [-0.1, -0.05) is 6.07 Å². The predicted octanol–water partition coefficient (Wildman–Crippen LogP) is 2.10. The fourth-order valence-electron chi connectivity index (χ4n) is 2.47. The van der Waals surface area contributed by atoms with Crippen molar-refractivity contribution >= 4 is 17.4 Å². The normalized spacial score (nSPS) is 24.0. The number of carbonyl (C=O) groups is 1. The molecule has 1 aromatic heterocycles. The van der Waals surface area contributed by atoms with E-state index in [2.05, 4.69) is 17.5 Å². The second-order valence-electron chi connectivity index (χ2n) is 4.75. The van der Waals surface area contributed by atoms with Gasteiger partial charge in [-0.3, -0.25) is 0 Å². The molecule has 0 saturated carbocycles. The van der Waals surface area contributed by atoms with Crippen LogP contribution in [0, 0.1) is 5.92 Å². The molecule has 2 N–H and O–H groups in total. The van der Waals surface area contributed by atoms with Crippen LogP contribution in [0.4, 0.5) is 4.79 Å². The number of likely N-dealkylation sites (tertiary alicyclic amines) is 1. The molecule has 1 fully saturated rings. The summed E-state index contributed by atoms with van der Waals surface area (Å²) in [6.45, 7) is 3.61. The molecule has 2 unspecified atom stereocenters. The van der Waals surface area contributed by atoms with Crippen molar-refractivity contribution in [1.29, 1.82) is 0 Å². The van der Waals surface area contributed by atoms with Gasteiger partial charge in [0.25, 0.3) is 0 Å². The maximum Gasteiger partial charge on any atom is 0.409 e. The predicted molar refractivity (Wildman–Crippen MR) is 72.7 cm³/mol. The summed E-state index contributed by atoms with van der Waals surface area (Å²) in [4.78, 5) is 14.8. The van der Waals surface area contributed by atoms with Crippen molar-refractivity contribution in [3.05, 3.63) is 22.4 Å². The van der Waals surface area contributed by atoms with Gasteiger partial charge >= 0.3 is 6.09 Å². The molecule has 2 heterocycles. The van der Waals surface area contributed by atoms with E-state index in [0.29, 0.717) is 19.1 Å². The Morgan fingerprint density at radius 3 is 3.11 bits per heavy atom. The van der Waals surface area contributed by atoms with Crippen molar-refractivity contribution in [3.8, 4) is 0 Å². The molecule has 4 nitrogen and oxygen atoms in total. The second kappa shape index (κ2) is 6.20. The number of hydrogen-bond acceptors (Lipinski definition) is 4. The van der Waals surface area contributed by atoms with Gasteiger partial charge in [0.1, 0.15) is 0 Å². The lowest BCUT2D eigenvalue weighted by Crippen LogP contribution is -2.50. The van der Waals surface area contributed by atoms with Crippen molar-refractivity contribution in [1.82, 2.24) is 4.90 Å². The minimum Gasteiger partial charge on any atom is -0.450 e. The van der Waals surface area contributed by atoms with Crippen LogP contribution in [0.3, 0.4) is 0 Å². The van der Waals surface area contributed by atoms with E-state index in [1.54, 1.807) is 16.2 Å². The van der Waals surface area contributed by atoms with Gasteiger partial charge in [-0.25, -0.2) is 4.79 Å². The standard InChI is InChI=1S/C13H20N2O2S/c1-2-17-13(16)15-8-10(6-11(14)9-15)7-12-4-3-5-18-12/h3-5,10-11H,2,6-9,14H2,1H3. The summed E-state index contributed by atoms with van der Waals surface area (Å²) in [6, 6.07) is 4.26. The van der Waals surface area contributed by atoms with Crippen molar-refractivity contribution in [3.63, 3.8) is 0 Å². The Hall–Kier alpha value is -1.07. The van der Waals surface area contributed by atoms with Crippen LogP contribution in [-0.4, -0.2) is 36.7 Å². The third kappa shape index (κ3) is 3.46. The Labute approximate surface area is 112 Å². The average Bonchev–Trinajstić information content (AvgIpc) is 2.81. The molecule has 0 aromatic carbocycles. The largest absolute Gasteiger partial charge is 0.450 e. The SMILES string of the molecule is CCOC(=O)N1CC(N)CC(Cc2cccs2)C1. The van der Waals surface area contributed by atoms with Crippen LogP contribution in [0.5, 0.6) is 0 Å². The van der Waals surface area contributed by atoms with Crippen LogP contribution in [-0.2, 0) is 11.2 Å². The Morgan fingerprint density at radius 2 is 2.44 bits per heavy atom. The first-order chi connectivity index (χ1) is 8.69. The lowest BCUT2D eigenvalue weighted by Gasteiger charge is -2.35. The van der Waals surface area contributed by atoms with Crippen LogP contribution < -0.4 is 5.73 Å². The molecule has 1 saturated heterocycles. The zero-order valence-corrected chi connectivity index (χ0v) is 11.5. The van der Waals surface area contributed by atoms with Crippen LogP contribution in [0.1, 0.15) is 18.2 Å². The van der Waals surface area contributed by atoms with E-state index in [1.165, 1.54) is 4.88 Å². The first-order valence-electron chi connectivity index (χ1n) is 6.38. The smallest absolute Gasteiger partial charge is 0.409 e. The summed E-state index contributed by atoms with van der Waals surface area (Å²) in [6.07, 6.45) is 1.75. The lowest BCUT2D eigenvalue weighted by molar-refractivity contribution is 0.0834. The topological polar surface area (TPSA) is 55.6 Å². The number of hydrogen-bond donors (Lipinski definition) is 1. The number of thiophene rings is 1. The number of rotatable bonds is 3. The van der Waals surface area contributed by atoms with Gasteiger partial charge in [-0.15, -0.1) is 11.3 Å². The van der Waals surface area contributed by atoms with Gasteiger partial charge in [0, 0.05) is 24.0 Å². The van der Waals surface area contributed by atoms with E-state index >= 15 is 0 Å². The average molecular weight is 268 g/mol. The van der Waals surface area contributed by atoms with Crippen molar-refractivity contribution in [2.24, 2.45) is 11.7 Å². The molecular weight excluding hydrogens is 248 g/mol. The summed E-state index contributed by atoms with van der Waals surface area (Å²) in [7, 11) is 0. The van der Waals surface area contributed by atoms with E-state index in [4.69, 9.17) is 10.5 Å². The zero-order chi connectivity index (χ0) is 13.0. The first-order valence-corrected chi connectivity index (χ1v) is 7.26. The molecule has 2 atom stereocenters. The highest BCUT2D eigenvalue weighted by Gasteiger charge is 2.29. The van der Waals surface area contributed by atoms with Gasteiger partial charge in [0.15, 0.2) is 0 Å². The highest BCUT2D eigenvalue weighted by atomic mass is 32.1. The molecule has 1 aliphatic rings. The van der Waals surface area contributed by atoms with Gasteiger partial charge in [-0.05, 0) is 37.1 Å². The van der Waals surface area contributed by atoms with Crippen LogP contribution in [0.25, 0.3) is 0 Å². The summed E-state index contributed by atoms with van der Waals surface area (Å²) in [5.41, 5.74) is 6.03. The number of piperidine rings is 1. The van der Waals surface area contributed by atoms with Crippen molar-refractivity contribution < 1.29 is 9.53 Å². The Kier molecular flexibility index (Phi) is 4.60. The fourth-order valence-corrected chi connectivity index (χ4v) is 3.29. The summed E-state index contributed by atoms with van der Waals surface area (Å²) < 4.78 is 5.05. The van der Waals surface area contributed by atoms with Gasteiger partial charge < -0.3 is 15.4 Å². The molecule has 100 valence electrons. The molecule has 1 aliphatic heterocycles. The summed E-state index contributed by atoms with van der Waals surface area (Å²) in [5.74, 6) is 0.441. The van der Waals surface area contributed by atoms with Crippen LogP contribution in [0.15, 0.2) is 17.5 Å². The highest BCUT2D eigenvalue weighted by Crippen LogP contribution is 2.23. The number of amides is 1. The molecule has 18 heavy (non-hydrogen) atoms. The fraction of sp³-hybridized carbons (Fsp3) is 0.615. The Bertz CT molecular complexity index is 380. The minimum absolute atomic E-state index is 0.0631. The van der Waals surface area contributed by atoms with E-state index < -0.39 is 0 Å². The highest BCUT2D eigenvalue weighted by molar-refractivity contribution is 7.09. The quantitative estimate of drug-likeness (QED) is 0.913.